The summed E-state index contributed by atoms with van der Waals surface area (Å²) < 4.78 is 5.54. The van der Waals surface area contributed by atoms with Gasteiger partial charge in [0, 0.05) is 24.8 Å². The first kappa shape index (κ1) is 14.3. The average Bonchev–Trinajstić information content (AvgIpc) is 2.48. The number of ether oxygens (including phenoxy) is 1. The molecule has 1 aromatic heterocycles. The van der Waals surface area contributed by atoms with Gasteiger partial charge in [-0.3, -0.25) is 0 Å². The third kappa shape index (κ3) is 4.53. The van der Waals surface area contributed by atoms with Crippen molar-refractivity contribution >= 4 is 5.82 Å². The number of benzene rings is 1. The van der Waals surface area contributed by atoms with Crippen LogP contribution in [0.1, 0.15) is 11.7 Å². The number of aliphatic hydroxyl groups excluding tert-OH is 1. The van der Waals surface area contributed by atoms with Gasteiger partial charge in [0.25, 0.3) is 0 Å². The fourth-order valence-corrected chi connectivity index (χ4v) is 1.73. The molecule has 4 N–H and O–H groups in total. The quantitative estimate of drug-likeness (QED) is 0.664. The molecule has 20 heavy (non-hydrogen) atoms. The molecular formula is C15H19N3O2. The summed E-state index contributed by atoms with van der Waals surface area (Å²) >= 11 is 0. The summed E-state index contributed by atoms with van der Waals surface area (Å²) in [4.78, 5) is 3.95. The van der Waals surface area contributed by atoms with Crippen molar-refractivity contribution in [2.24, 2.45) is 0 Å². The summed E-state index contributed by atoms with van der Waals surface area (Å²) in [7, 11) is 0. The van der Waals surface area contributed by atoms with E-state index in [4.69, 9.17) is 10.5 Å². The molecule has 0 saturated heterocycles. The molecule has 2 rings (SSSR count). The Labute approximate surface area is 118 Å². The number of nitrogen functional groups attached to an aromatic ring is 1. The van der Waals surface area contributed by atoms with E-state index in [1.165, 1.54) is 0 Å². The van der Waals surface area contributed by atoms with Crippen molar-refractivity contribution in [3.8, 4) is 5.75 Å². The van der Waals surface area contributed by atoms with Crippen LogP contribution < -0.4 is 15.8 Å². The lowest BCUT2D eigenvalue weighted by molar-refractivity contribution is 0.171. The van der Waals surface area contributed by atoms with Gasteiger partial charge in [-0.15, -0.1) is 0 Å². The van der Waals surface area contributed by atoms with Gasteiger partial charge in [-0.25, -0.2) is 4.98 Å². The molecule has 0 unspecified atom stereocenters. The van der Waals surface area contributed by atoms with Gasteiger partial charge in [-0.05, 0) is 18.2 Å². The van der Waals surface area contributed by atoms with E-state index in [1.807, 2.05) is 30.3 Å². The minimum atomic E-state index is -0.597. The fourth-order valence-electron chi connectivity index (χ4n) is 1.73. The molecule has 1 aromatic carbocycles. The van der Waals surface area contributed by atoms with Crippen LogP contribution in [-0.2, 0) is 0 Å². The molecule has 0 spiro atoms. The number of nitrogens with one attached hydrogen (secondary N) is 1. The molecular weight excluding hydrogens is 254 g/mol. The number of pyridine rings is 1. The summed E-state index contributed by atoms with van der Waals surface area (Å²) in [6.45, 7) is 1.66. The Balaban J connectivity index is 1.64. The topological polar surface area (TPSA) is 80.4 Å². The number of hydrogen-bond acceptors (Lipinski definition) is 5. The van der Waals surface area contributed by atoms with E-state index in [1.54, 1.807) is 18.3 Å². The van der Waals surface area contributed by atoms with E-state index >= 15 is 0 Å². The number of aliphatic hydroxyl groups is 1. The Bertz CT molecular complexity index is 502. The number of aromatic nitrogens is 1. The van der Waals surface area contributed by atoms with Gasteiger partial charge in [0.15, 0.2) is 0 Å². The lowest BCUT2D eigenvalue weighted by atomic mass is 10.1. The number of hydrogen-bond donors (Lipinski definition) is 3. The molecule has 106 valence electrons. The highest BCUT2D eigenvalue weighted by Gasteiger charge is 2.06. The molecule has 0 bridgehead atoms. The van der Waals surface area contributed by atoms with E-state index in [0.29, 0.717) is 25.5 Å². The van der Waals surface area contributed by atoms with Crippen LogP contribution in [0.3, 0.4) is 0 Å². The number of nitrogens with two attached hydrogens (primary N) is 1. The molecule has 5 nitrogen and oxygen atoms in total. The zero-order valence-electron chi connectivity index (χ0n) is 11.2. The summed E-state index contributed by atoms with van der Waals surface area (Å²) in [5.74, 6) is 1.29. The van der Waals surface area contributed by atoms with Gasteiger partial charge in [0.2, 0.25) is 0 Å². The van der Waals surface area contributed by atoms with Crippen molar-refractivity contribution in [2.75, 3.05) is 25.4 Å². The molecule has 5 heteroatoms. The number of anilines is 1. The minimum Gasteiger partial charge on any atom is -0.492 e. The van der Waals surface area contributed by atoms with Crippen LogP contribution in [0.2, 0.25) is 0 Å². The smallest absolute Gasteiger partial charge is 0.123 e. The molecule has 0 radical (unpaired) electrons. The number of nitrogens with zero attached hydrogens (tertiary/aromatic N) is 1. The lowest BCUT2D eigenvalue weighted by Gasteiger charge is -2.12. The Morgan fingerprint density at radius 3 is 2.70 bits per heavy atom. The second-order valence-electron chi connectivity index (χ2n) is 4.40. The van der Waals surface area contributed by atoms with Crippen LogP contribution in [0, 0.1) is 0 Å². The normalized spacial score (nSPS) is 12.1. The van der Waals surface area contributed by atoms with Crippen molar-refractivity contribution in [1.82, 2.24) is 10.3 Å². The lowest BCUT2D eigenvalue weighted by Crippen LogP contribution is -2.26. The zero-order chi connectivity index (χ0) is 14.2. The third-order valence-corrected chi connectivity index (χ3v) is 2.82. The van der Waals surface area contributed by atoms with E-state index in [0.717, 1.165) is 11.3 Å². The van der Waals surface area contributed by atoms with Crippen molar-refractivity contribution in [3.05, 3.63) is 54.2 Å². The molecule has 2 aromatic rings. The Hall–Kier alpha value is -2.11. The fraction of sp³-hybridized carbons (Fsp3) is 0.267. The first-order valence-electron chi connectivity index (χ1n) is 6.54. The van der Waals surface area contributed by atoms with Gasteiger partial charge >= 0.3 is 0 Å². The van der Waals surface area contributed by atoms with E-state index in [2.05, 4.69) is 10.3 Å². The number of rotatable bonds is 7. The minimum absolute atomic E-state index is 0.448. The summed E-state index contributed by atoms with van der Waals surface area (Å²) in [6, 6.07) is 13.1. The molecule has 0 aliphatic heterocycles. The zero-order valence-corrected chi connectivity index (χ0v) is 11.2. The van der Waals surface area contributed by atoms with Gasteiger partial charge in [0.1, 0.15) is 18.2 Å². The highest BCUT2D eigenvalue weighted by atomic mass is 16.5. The van der Waals surface area contributed by atoms with Crippen LogP contribution in [0.5, 0.6) is 5.75 Å². The average molecular weight is 273 g/mol. The number of para-hydroxylation sites is 1. The molecule has 0 fully saturated rings. The van der Waals surface area contributed by atoms with Crippen molar-refractivity contribution in [2.45, 2.75) is 6.10 Å². The van der Waals surface area contributed by atoms with Gasteiger partial charge in [-0.2, -0.15) is 0 Å². The monoisotopic (exact) mass is 273 g/mol. The standard InChI is InChI=1S/C15H19N3O2/c16-15-7-6-12(10-18-15)14(19)11-17-8-9-20-13-4-2-1-3-5-13/h1-7,10,14,17,19H,8-9,11H2,(H2,16,18)/t14-/m1/s1. The highest BCUT2D eigenvalue weighted by Crippen LogP contribution is 2.11. The Morgan fingerprint density at radius 1 is 1.20 bits per heavy atom. The predicted molar refractivity (Wildman–Crippen MR) is 78.4 cm³/mol. The molecule has 0 saturated carbocycles. The van der Waals surface area contributed by atoms with Crippen LogP contribution in [0.15, 0.2) is 48.7 Å². The van der Waals surface area contributed by atoms with Crippen molar-refractivity contribution < 1.29 is 9.84 Å². The summed E-state index contributed by atoms with van der Waals surface area (Å²) in [6.07, 6.45) is 0.988. The maximum absolute atomic E-state index is 9.94. The first-order chi connectivity index (χ1) is 9.75. The molecule has 0 aliphatic carbocycles. The van der Waals surface area contributed by atoms with Crippen molar-refractivity contribution in [3.63, 3.8) is 0 Å². The van der Waals surface area contributed by atoms with Gasteiger partial charge in [-0.1, -0.05) is 24.3 Å². The van der Waals surface area contributed by atoms with Gasteiger partial charge in [0.05, 0.1) is 6.10 Å². The summed E-state index contributed by atoms with van der Waals surface area (Å²) in [5, 5.41) is 13.1. The highest BCUT2D eigenvalue weighted by molar-refractivity contribution is 5.30. The largest absolute Gasteiger partial charge is 0.492 e. The van der Waals surface area contributed by atoms with E-state index < -0.39 is 6.10 Å². The maximum atomic E-state index is 9.94. The van der Waals surface area contributed by atoms with Crippen molar-refractivity contribution in [1.29, 1.82) is 0 Å². The predicted octanol–water partition coefficient (Wildman–Crippen LogP) is 1.37. The van der Waals surface area contributed by atoms with E-state index in [9.17, 15) is 5.11 Å². The van der Waals surface area contributed by atoms with Crippen LogP contribution in [0.4, 0.5) is 5.82 Å². The summed E-state index contributed by atoms with van der Waals surface area (Å²) in [5.41, 5.74) is 6.24. The van der Waals surface area contributed by atoms with Crippen LogP contribution in [0.25, 0.3) is 0 Å². The first-order valence-corrected chi connectivity index (χ1v) is 6.54. The van der Waals surface area contributed by atoms with E-state index in [-0.39, 0.29) is 0 Å². The van der Waals surface area contributed by atoms with Gasteiger partial charge < -0.3 is 20.9 Å². The molecule has 0 amide bonds. The SMILES string of the molecule is Nc1ccc([C@H](O)CNCCOc2ccccc2)cn1. The third-order valence-electron chi connectivity index (χ3n) is 2.82. The Morgan fingerprint density at radius 2 is 2.00 bits per heavy atom. The molecule has 1 heterocycles. The Kier molecular flexibility index (Phi) is 5.34. The molecule has 0 aliphatic rings. The second kappa shape index (κ2) is 7.47. The maximum Gasteiger partial charge on any atom is 0.123 e. The molecule has 1 atom stereocenters. The second-order valence-corrected chi connectivity index (χ2v) is 4.40. The van der Waals surface area contributed by atoms with Crippen LogP contribution >= 0.6 is 0 Å². The van der Waals surface area contributed by atoms with Crippen LogP contribution in [-0.4, -0.2) is 29.8 Å².